The SMILES string of the molecule is CC(C)(C)c1cc(N2CC3CN(c4nccn5nccc45)CC3C2)ncn1. The molecule has 0 saturated carbocycles. The van der Waals surface area contributed by atoms with Crippen LogP contribution in [0.3, 0.4) is 0 Å². The van der Waals surface area contributed by atoms with Crippen molar-refractivity contribution < 1.29 is 0 Å². The van der Waals surface area contributed by atoms with Crippen molar-refractivity contribution in [2.75, 3.05) is 36.0 Å². The van der Waals surface area contributed by atoms with Crippen molar-refractivity contribution in [3.05, 3.63) is 42.7 Å². The highest BCUT2D eigenvalue weighted by atomic mass is 15.3. The van der Waals surface area contributed by atoms with Gasteiger partial charge < -0.3 is 9.80 Å². The predicted molar refractivity (Wildman–Crippen MR) is 105 cm³/mol. The molecule has 5 heterocycles. The Labute approximate surface area is 159 Å². The van der Waals surface area contributed by atoms with Gasteiger partial charge in [0.15, 0.2) is 5.82 Å². The Morgan fingerprint density at radius 3 is 2.41 bits per heavy atom. The summed E-state index contributed by atoms with van der Waals surface area (Å²) in [4.78, 5) is 18.5. The molecule has 2 unspecified atom stereocenters. The topological polar surface area (TPSA) is 62.5 Å². The molecule has 2 fully saturated rings. The summed E-state index contributed by atoms with van der Waals surface area (Å²) < 4.78 is 1.90. The highest BCUT2D eigenvalue weighted by molar-refractivity contribution is 5.68. The Morgan fingerprint density at radius 1 is 0.926 bits per heavy atom. The number of rotatable bonds is 2. The number of fused-ring (bicyclic) bond motifs is 2. The number of hydrogen-bond acceptors (Lipinski definition) is 6. The van der Waals surface area contributed by atoms with Crippen LogP contribution in [0, 0.1) is 11.8 Å². The van der Waals surface area contributed by atoms with Crippen LogP contribution in [-0.2, 0) is 5.41 Å². The van der Waals surface area contributed by atoms with Gasteiger partial charge in [-0.05, 0) is 6.07 Å². The molecule has 3 aromatic rings. The van der Waals surface area contributed by atoms with Gasteiger partial charge in [0.1, 0.15) is 17.7 Å². The van der Waals surface area contributed by atoms with E-state index in [2.05, 4.69) is 56.7 Å². The normalized spacial score (nSPS) is 22.6. The highest BCUT2D eigenvalue weighted by Crippen LogP contribution is 2.36. The van der Waals surface area contributed by atoms with Crippen molar-refractivity contribution in [2.45, 2.75) is 26.2 Å². The Balaban J connectivity index is 1.33. The van der Waals surface area contributed by atoms with Crippen LogP contribution >= 0.6 is 0 Å². The van der Waals surface area contributed by atoms with E-state index in [-0.39, 0.29) is 5.41 Å². The molecule has 2 atom stereocenters. The minimum Gasteiger partial charge on any atom is -0.356 e. The minimum atomic E-state index is 0.0413. The standard InChI is InChI=1S/C20H25N7/c1-20(2,3)17-8-18(23-13-22-17)25-9-14-11-26(12-15(14)10-25)19-16-4-5-24-27(16)7-6-21-19/h4-8,13-15H,9-12H2,1-3H3. The third kappa shape index (κ3) is 2.81. The molecular weight excluding hydrogens is 338 g/mol. The van der Waals surface area contributed by atoms with E-state index in [1.165, 1.54) is 0 Å². The zero-order valence-corrected chi connectivity index (χ0v) is 16.1. The first-order valence-corrected chi connectivity index (χ1v) is 9.60. The highest BCUT2D eigenvalue weighted by Gasteiger charge is 2.41. The molecular formula is C20H25N7. The van der Waals surface area contributed by atoms with E-state index in [0.29, 0.717) is 11.8 Å². The third-order valence-electron chi connectivity index (χ3n) is 5.83. The van der Waals surface area contributed by atoms with Gasteiger partial charge in [-0.25, -0.2) is 19.5 Å². The van der Waals surface area contributed by atoms with Crippen molar-refractivity contribution in [3.63, 3.8) is 0 Å². The molecule has 7 nitrogen and oxygen atoms in total. The summed E-state index contributed by atoms with van der Waals surface area (Å²) in [5.74, 6) is 3.39. The maximum absolute atomic E-state index is 4.64. The Bertz CT molecular complexity index is 960. The van der Waals surface area contributed by atoms with Crippen molar-refractivity contribution in [2.24, 2.45) is 11.8 Å². The summed E-state index contributed by atoms with van der Waals surface area (Å²) in [7, 11) is 0. The van der Waals surface area contributed by atoms with Crippen LogP contribution in [0.15, 0.2) is 37.1 Å². The Morgan fingerprint density at radius 2 is 1.67 bits per heavy atom. The lowest BCUT2D eigenvalue weighted by Gasteiger charge is -2.24. The van der Waals surface area contributed by atoms with Gasteiger partial charge >= 0.3 is 0 Å². The predicted octanol–water partition coefficient (Wildman–Crippen LogP) is 2.39. The van der Waals surface area contributed by atoms with E-state index >= 15 is 0 Å². The number of nitrogens with zero attached hydrogens (tertiary/aromatic N) is 7. The first-order valence-electron chi connectivity index (χ1n) is 9.60. The molecule has 0 amide bonds. The summed E-state index contributed by atoms with van der Waals surface area (Å²) in [6.45, 7) is 10.8. The summed E-state index contributed by atoms with van der Waals surface area (Å²) >= 11 is 0. The molecule has 5 rings (SSSR count). The van der Waals surface area contributed by atoms with E-state index < -0.39 is 0 Å². The van der Waals surface area contributed by atoms with Crippen LogP contribution in [-0.4, -0.2) is 50.7 Å². The summed E-state index contributed by atoms with van der Waals surface area (Å²) in [6, 6.07) is 4.20. The average Bonchev–Trinajstić information content (AvgIpc) is 3.35. The molecule has 0 N–H and O–H groups in total. The van der Waals surface area contributed by atoms with Gasteiger partial charge in [-0.1, -0.05) is 20.8 Å². The molecule has 3 aromatic heterocycles. The van der Waals surface area contributed by atoms with Crippen LogP contribution in [0.1, 0.15) is 26.5 Å². The molecule has 2 aliphatic rings. The van der Waals surface area contributed by atoms with E-state index in [4.69, 9.17) is 0 Å². The molecule has 0 aliphatic carbocycles. The van der Waals surface area contributed by atoms with E-state index in [9.17, 15) is 0 Å². The Kier molecular flexibility index (Phi) is 3.60. The largest absolute Gasteiger partial charge is 0.356 e. The Hall–Kier alpha value is -2.70. The van der Waals surface area contributed by atoms with Gasteiger partial charge in [-0.2, -0.15) is 5.10 Å². The molecule has 140 valence electrons. The fourth-order valence-corrected chi connectivity index (χ4v) is 4.37. The average molecular weight is 363 g/mol. The van der Waals surface area contributed by atoms with Gasteiger partial charge in [0, 0.05) is 61.9 Å². The molecule has 0 spiro atoms. The molecule has 0 bridgehead atoms. The van der Waals surface area contributed by atoms with E-state index in [0.717, 1.165) is 49.0 Å². The second-order valence-electron chi connectivity index (χ2n) is 8.75. The molecule has 7 heteroatoms. The van der Waals surface area contributed by atoms with Crippen LogP contribution in [0.25, 0.3) is 5.52 Å². The first-order chi connectivity index (χ1) is 13.0. The smallest absolute Gasteiger partial charge is 0.154 e. The summed E-state index contributed by atoms with van der Waals surface area (Å²) in [5, 5.41) is 4.33. The van der Waals surface area contributed by atoms with Crippen molar-refractivity contribution in [1.29, 1.82) is 0 Å². The fourth-order valence-electron chi connectivity index (χ4n) is 4.37. The molecule has 2 saturated heterocycles. The minimum absolute atomic E-state index is 0.0413. The zero-order valence-electron chi connectivity index (χ0n) is 16.1. The lowest BCUT2D eigenvalue weighted by Crippen LogP contribution is -2.30. The summed E-state index contributed by atoms with van der Waals surface area (Å²) in [6.07, 6.45) is 7.28. The molecule has 0 radical (unpaired) electrons. The maximum atomic E-state index is 4.64. The van der Waals surface area contributed by atoms with Crippen LogP contribution in [0.5, 0.6) is 0 Å². The molecule has 27 heavy (non-hydrogen) atoms. The van der Waals surface area contributed by atoms with Crippen LogP contribution < -0.4 is 9.80 Å². The lowest BCUT2D eigenvalue weighted by molar-refractivity contribution is 0.533. The third-order valence-corrected chi connectivity index (χ3v) is 5.83. The molecule has 2 aliphatic heterocycles. The van der Waals surface area contributed by atoms with Gasteiger partial charge in [-0.3, -0.25) is 0 Å². The monoisotopic (exact) mass is 363 g/mol. The van der Waals surface area contributed by atoms with E-state index in [1.807, 2.05) is 29.2 Å². The second-order valence-corrected chi connectivity index (χ2v) is 8.75. The first kappa shape index (κ1) is 16.5. The number of hydrogen-bond donors (Lipinski definition) is 0. The van der Waals surface area contributed by atoms with Crippen LogP contribution in [0.2, 0.25) is 0 Å². The second kappa shape index (κ2) is 5.90. The van der Waals surface area contributed by atoms with Crippen molar-refractivity contribution >= 4 is 17.2 Å². The van der Waals surface area contributed by atoms with Gasteiger partial charge in [0.25, 0.3) is 0 Å². The van der Waals surface area contributed by atoms with Crippen molar-refractivity contribution in [3.8, 4) is 0 Å². The maximum Gasteiger partial charge on any atom is 0.154 e. The summed E-state index contributed by atoms with van der Waals surface area (Å²) in [5.41, 5.74) is 2.22. The van der Waals surface area contributed by atoms with Gasteiger partial charge in [0.05, 0.1) is 11.9 Å². The quantitative estimate of drug-likeness (QED) is 0.697. The number of aromatic nitrogens is 5. The van der Waals surface area contributed by atoms with Crippen LogP contribution in [0.4, 0.5) is 11.6 Å². The lowest BCUT2D eigenvalue weighted by atomic mass is 9.92. The van der Waals surface area contributed by atoms with E-state index in [1.54, 1.807) is 6.33 Å². The molecule has 0 aromatic carbocycles. The van der Waals surface area contributed by atoms with Crippen molar-refractivity contribution in [1.82, 2.24) is 24.6 Å². The van der Waals surface area contributed by atoms with Gasteiger partial charge in [-0.15, -0.1) is 0 Å². The fraction of sp³-hybridized carbons (Fsp3) is 0.500. The van der Waals surface area contributed by atoms with Gasteiger partial charge in [0.2, 0.25) is 0 Å². The zero-order chi connectivity index (χ0) is 18.6. The number of anilines is 2.